The standard InChI is InChI=1S/C58H72B2N4O4/c1-33(2)41-21-17-22-42(34(3)4)49(41)61-29-30-62(50-43(35(5)6)23-18-24-44(50)36(7)8)55(61)59-53-54(68-57(59)65)60(58(66)67-53)56-63(51-45(37(9)10)25-19-26-46(51)38(11)12)31-32-64(56)52-47(39(13)14)27-20-28-48(52)40(15)16/h17-40H,1-16H3. The van der Waals surface area contributed by atoms with E-state index < -0.39 is 24.4 Å². The summed E-state index contributed by atoms with van der Waals surface area (Å²) in [4.78, 5) is 30.7. The van der Waals surface area contributed by atoms with Gasteiger partial charge in [0, 0.05) is 44.5 Å². The molecule has 2 aliphatic heterocycles. The molecular formula is C58H72B2N4O4. The molecule has 2 aromatic heterocycles. The van der Waals surface area contributed by atoms with Crippen LogP contribution in [0.2, 0.25) is 0 Å². The molecule has 2 aliphatic rings. The van der Waals surface area contributed by atoms with Crippen molar-refractivity contribution in [3.8, 4) is 22.7 Å². The van der Waals surface area contributed by atoms with Gasteiger partial charge >= 0.3 is 0 Å². The van der Waals surface area contributed by atoms with E-state index >= 15 is 9.59 Å². The Balaban J connectivity index is 1.54. The van der Waals surface area contributed by atoms with E-state index in [4.69, 9.17) is 9.47 Å². The van der Waals surface area contributed by atoms with Crippen molar-refractivity contribution in [2.24, 2.45) is 0 Å². The van der Waals surface area contributed by atoms with E-state index in [0.29, 0.717) is 11.4 Å². The van der Waals surface area contributed by atoms with Gasteiger partial charge in [-0.1, -0.05) is 195 Å². The lowest BCUT2D eigenvalue weighted by Crippen LogP contribution is -2.58. The Kier molecular flexibility index (Phi) is 13.5. The van der Waals surface area contributed by atoms with Crippen molar-refractivity contribution < 1.29 is 28.2 Å². The maximum absolute atomic E-state index is 15.3. The summed E-state index contributed by atoms with van der Waals surface area (Å²) in [5.41, 5.74) is 15.3. The molecule has 0 unspecified atom stereocenters. The summed E-state index contributed by atoms with van der Waals surface area (Å²) in [6.07, 6.45) is 6.25. The molecule has 4 heterocycles. The fourth-order valence-electron chi connectivity index (χ4n) is 10.8. The predicted octanol–water partition coefficient (Wildman–Crippen LogP) is 11.8. The quantitative estimate of drug-likeness (QED) is 0.0806. The van der Waals surface area contributed by atoms with Crippen molar-refractivity contribution in [3.05, 3.63) is 142 Å². The van der Waals surface area contributed by atoms with Crippen molar-refractivity contribution >= 4 is 47.2 Å². The summed E-state index contributed by atoms with van der Waals surface area (Å²) >= 11 is 0. The first-order chi connectivity index (χ1) is 32.3. The zero-order valence-corrected chi connectivity index (χ0v) is 43.4. The number of fused-ring (bicyclic) bond motifs is 1. The van der Waals surface area contributed by atoms with Gasteiger partial charge in [-0.2, -0.15) is 0 Å². The van der Waals surface area contributed by atoms with Gasteiger partial charge in [-0.25, -0.2) is 18.3 Å². The lowest BCUT2D eigenvalue weighted by atomic mass is 9.56. The monoisotopic (exact) mass is 911 g/mol. The summed E-state index contributed by atoms with van der Waals surface area (Å²) in [6.45, 7) is 35.5. The second-order valence-corrected chi connectivity index (χ2v) is 21.6. The van der Waals surface area contributed by atoms with Crippen LogP contribution in [0.4, 0.5) is 9.59 Å². The minimum Gasteiger partial charge on any atom is -0.510 e. The Morgan fingerprint density at radius 1 is 0.382 bits per heavy atom. The van der Waals surface area contributed by atoms with Gasteiger partial charge in [0.2, 0.25) is 0 Å². The largest absolute Gasteiger partial charge is 0.510 e. The van der Waals surface area contributed by atoms with Crippen LogP contribution >= 0.6 is 0 Å². The van der Waals surface area contributed by atoms with Crippen LogP contribution in [-0.4, -0.2) is 44.9 Å². The molecule has 8 nitrogen and oxygen atoms in total. The van der Waals surface area contributed by atoms with E-state index in [9.17, 15) is 0 Å². The van der Waals surface area contributed by atoms with Crippen LogP contribution < -0.4 is 20.6 Å². The Hall–Kier alpha value is -5.89. The zero-order valence-electron chi connectivity index (χ0n) is 43.4. The van der Waals surface area contributed by atoms with Crippen LogP contribution in [0.25, 0.3) is 22.7 Å². The molecule has 6 aromatic rings. The van der Waals surface area contributed by atoms with Gasteiger partial charge in [-0.15, -0.1) is 0 Å². The molecule has 0 saturated carbocycles. The number of hydrogen-bond acceptors (Lipinski definition) is 4. The molecule has 68 heavy (non-hydrogen) atoms. The van der Waals surface area contributed by atoms with E-state index in [1.165, 1.54) is 0 Å². The van der Waals surface area contributed by atoms with E-state index in [1.54, 1.807) is 0 Å². The molecule has 354 valence electrons. The molecule has 8 rings (SSSR count). The minimum atomic E-state index is -1.06. The predicted molar refractivity (Wildman–Crippen MR) is 281 cm³/mol. The Morgan fingerprint density at radius 2 is 0.618 bits per heavy atom. The third kappa shape index (κ3) is 8.19. The van der Waals surface area contributed by atoms with Crippen LogP contribution in [0, 0.1) is 0 Å². The normalized spacial score (nSPS) is 14.2. The Labute approximate surface area is 405 Å². The molecule has 0 radical (unpaired) electrons. The van der Waals surface area contributed by atoms with Crippen molar-refractivity contribution in [2.45, 2.75) is 158 Å². The van der Waals surface area contributed by atoms with E-state index in [0.717, 1.165) is 67.3 Å². The van der Waals surface area contributed by atoms with Crippen molar-refractivity contribution in [2.75, 3.05) is 0 Å². The number of ether oxygens (including phenoxy) is 2. The highest BCUT2D eigenvalue weighted by atomic mass is 16.6. The molecule has 0 bridgehead atoms. The van der Waals surface area contributed by atoms with Crippen LogP contribution in [-0.2, 0) is 9.47 Å². The lowest BCUT2D eigenvalue weighted by molar-refractivity contribution is -0.577. The summed E-state index contributed by atoms with van der Waals surface area (Å²) < 4.78 is 22.1. The van der Waals surface area contributed by atoms with Crippen molar-refractivity contribution in [1.82, 2.24) is 9.13 Å². The molecule has 0 fully saturated rings. The van der Waals surface area contributed by atoms with Crippen LogP contribution in [0.5, 0.6) is 0 Å². The van der Waals surface area contributed by atoms with Crippen molar-refractivity contribution in [1.29, 1.82) is 0 Å². The number of nitrogens with zero attached hydrogens (tertiary/aromatic N) is 4. The number of carbonyl (C=O) groups excluding carboxylic acids is 2. The van der Waals surface area contributed by atoms with Crippen LogP contribution in [0.3, 0.4) is 0 Å². The maximum Gasteiger partial charge on any atom is 0.166 e. The van der Waals surface area contributed by atoms with Gasteiger partial charge in [0.1, 0.15) is 59.3 Å². The molecule has 0 spiro atoms. The molecule has 0 atom stereocenters. The average molecular weight is 911 g/mol. The van der Waals surface area contributed by atoms with Crippen LogP contribution in [0.1, 0.15) is 203 Å². The lowest BCUT2D eigenvalue weighted by Gasteiger charge is -2.23. The average Bonchev–Trinajstić information content (AvgIpc) is 4.05. The van der Waals surface area contributed by atoms with E-state index in [-0.39, 0.29) is 58.6 Å². The second kappa shape index (κ2) is 18.9. The number of carbonyl (C=O) groups is 2. The number of benzene rings is 4. The highest BCUT2D eigenvalue weighted by Crippen LogP contribution is 2.35. The fraction of sp³-hybridized carbons (Fsp3) is 0.414. The second-order valence-electron chi connectivity index (χ2n) is 21.6. The fourth-order valence-corrected chi connectivity index (χ4v) is 10.8. The SMILES string of the molecule is CC(C)c1cccc(C(C)C)c1-n1cc[n+](-c2c(C(C)C)cccc2C(C)C)c1[B-]1=C2OC(=O)[B-](c3n(-c4c(C(C)C)cccc4C(C)C)cc[n+]3-c3c(C(C)C)cccc3C(C)C)=C2OC1=O. The number of para-hydroxylation sites is 4. The first kappa shape index (κ1) is 48.6. The zero-order chi connectivity index (χ0) is 49.2. The molecule has 10 heteroatoms. The van der Waals surface area contributed by atoms with Gasteiger partial charge < -0.3 is 19.1 Å². The molecule has 0 saturated heterocycles. The summed E-state index contributed by atoms with van der Waals surface area (Å²) in [5, 5.41) is 0. The van der Waals surface area contributed by atoms with Gasteiger partial charge in [-0.3, -0.25) is 0 Å². The van der Waals surface area contributed by atoms with Gasteiger partial charge in [0.15, 0.2) is 12.7 Å². The molecule has 0 amide bonds. The van der Waals surface area contributed by atoms with Crippen molar-refractivity contribution in [3.63, 3.8) is 0 Å². The van der Waals surface area contributed by atoms with E-state index in [1.807, 2.05) is 0 Å². The number of hydrogen-bond donors (Lipinski definition) is 0. The third-order valence-corrected chi connectivity index (χ3v) is 14.2. The highest BCUT2D eigenvalue weighted by Gasteiger charge is 2.40. The Bertz CT molecular complexity index is 2560. The van der Waals surface area contributed by atoms with Gasteiger partial charge in [0.25, 0.3) is 0 Å². The molecule has 0 N–H and O–H groups in total. The summed E-state index contributed by atoms with van der Waals surface area (Å²) in [5.74, 6) is 0.489. The Morgan fingerprint density at radius 3 is 0.853 bits per heavy atom. The molecule has 4 aromatic carbocycles. The number of imidazole rings is 2. The minimum absolute atomic E-state index is 0.178. The first-order valence-electron chi connectivity index (χ1n) is 25.2. The van der Waals surface area contributed by atoms with Crippen LogP contribution in [0.15, 0.2) is 97.6 Å². The van der Waals surface area contributed by atoms with Gasteiger partial charge in [-0.05, 0) is 47.3 Å². The smallest absolute Gasteiger partial charge is 0.166 e. The molecule has 0 aliphatic carbocycles. The topological polar surface area (TPSA) is 70.2 Å². The number of rotatable bonds is 14. The highest BCUT2D eigenvalue weighted by molar-refractivity contribution is 7.22. The third-order valence-electron chi connectivity index (χ3n) is 14.2. The van der Waals surface area contributed by atoms with Gasteiger partial charge in [0.05, 0.1) is 11.4 Å². The van der Waals surface area contributed by atoms with E-state index in [2.05, 4.69) is 227 Å². The maximum atomic E-state index is 15.3. The first-order valence-corrected chi connectivity index (χ1v) is 25.2. The summed E-state index contributed by atoms with van der Waals surface area (Å²) in [6, 6.07) is 26.1. The molecular weight excluding hydrogens is 838 g/mol. The summed E-state index contributed by atoms with van der Waals surface area (Å²) in [7, 11) is 0. The number of aromatic nitrogens is 4.